The molecule has 1 saturated heterocycles. The van der Waals surface area contributed by atoms with Crippen LogP contribution in [0.2, 0.25) is 0 Å². The van der Waals surface area contributed by atoms with E-state index in [9.17, 15) is 19.5 Å². The van der Waals surface area contributed by atoms with Gasteiger partial charge in [0.2, 0.25) is 0 Å². The fraction of sp³-hybridized carbons (Fsp3) is 0.172. The Bertz CT molecular complexity index is 1710. The second-order valence-corrected chi connectivity index (χ2v) is 9.98. The summed E-state index contributed by atoms with van der Waals surface area (Å²) in [5.74, 6) is -1.05. The first-order valence-corrected chi connectivity index (χ1v) is 13.0. The van der Waals surface area contributed by atoms with E-state index in [0.717, 1.165) is 4.70 Å². The number of fused-ring (bicyclic) bond motifs is 2. The van der Waals surface area contributed by atoms with Gasteiger partial charge >= 0.3 is 11.9 Å². The Labute approximate surface area is 232 Å². The third-order valence-corrected chi connectivity index (χ3v) is 7.72. The van der Waals surface area contributed by atoms with Gasteiger partial charge in [0.25, 0.3) is 5.78 Å². The van der Waals surface area contributed by atoms with Crippen LogP contribution in [0, 0.1) is 0 Å². The number of Topliss-reactive ketones (excluding diaryl/α,β-unsaturated/α-hetero) is 1. The van der Waals surface area contributed by atoms with Gasteiger partial charge in [-0.15, -0.1) is 0 Å². The summed E-state index contributed by atoms with van der Waals surface area (Å²) in [6, 6.07) is 15.4. The number of nitrogens with zero attached hydrogens (tertiary/aromatic N) is 2. The van der Waals surface area contributed by atoms with Crippen LogP contribution >= 0.6 is 11.3 Å². The minimum Gasteiger partial charge on any atom is -0.507 e. The van der Waals surface area contributed by atoms with E-state index in [0.29, 0.717) is 47.1 Å². The molecular formula is C29H22N2O8S. The normalized spacial score (nSPS) is 17.8. The van der Waals surface area contributed by atoms with E-state index in [1.54, 1.807) is 55.6 Å². The van der Waals surface area contributed by atoms with Gasteiger partial charge in [0.05, 0.1) is 41.6 Å². The third-order valence-electron chi connectivity index (χ3n) is 6.70. The van der Waals surface area contributed by atoms with Gasteiger partial charge in [0.1, 0.15) is 24.7 Å². The number of methoxy groups -OCH3 is 2. The summed E-state index contributed by atoms with van der Waals surface area (Å²) in [7, 11) is 2.83. The van der Waals surface area contributed by atoms with Crippen LogP contribution in [-0.2, 0) is 14.3 Å². The Balaban J connectivity index is 1.52. The second-order valence-electron chi connectivity index (χ2n) is 8.97. The van der Waals surface area contributed by atoms with Crippen LogP contribution in [-0.4, -0.2) is 55.2 Å². The Morgan fingerprint density at radius 3 is 2.42 bits per heavy atom. The number of carbonyl (C=O) groups is 3. The van der Waals surface area contributed by atoms with Crippen molar-refractivity contribution in [2.75, 3.05) is 32.3 Å². The van der Waals surface area contributed by atoms with Gasteiger partial charge in [0, 0.05) is 5.56 Å². The van der Waals surface area contributed by atoms with E-state index >= 15 is 0 Å². The number of ether oxygens (including phenoxy) is 4. The topological polar surface area (TPSA) is 124 Å². The zero-order chi connectivity index (χ0) is 28.0. The van der Waals surface area contributed by atoms with Crippen molar-refractivity contribution in [3.8, 4) is 17.2 Å². The number of hydrogen-bond donors (Lipinski definition) is 1. The number of thiazole rings is 1. The van der Waals surface area contributed by atoms with Gasteiger partial charge in [-0.1, -0.05) is 23.5 Å². The molecule has 202 valence electrons. The van der Waals surface area contributed by atoms with Crippen molar-refractivity contribution in [3.63, 3.8) is 0 Å². The zero-order valence-electron chi connectivity index (χ0n) is 21.4. The number of rotatable bonds is 5. The van der Waals surface area contributed by atoms with Crippen LogP contribution in [0.5, 0.6) is 17.2 Å². The first-order valence-electron chi connectivity index (χ1n) is 12.2. The SMILES string of the molecule is COC(=O)c1ccc(C2/C(=C(\O)c3ccc4c(c3)OCCO4)C(=O)C(=O)N2c2nc3ccc(OC)cc3s2)cc1. The number of amides is 1. The van der Waals surface area contributed by atoms with Gasteiger partial charge < -0.3 is 24.1 Å². The average molecular weight is 559 g/mol. The van der Waals surface area contributed by atoms with E-state index in [-0.39, 0.29) is 22.0 Å². The maximum absolute atomic E-state index is 13.5. The highest BCUT2D eigenvalue weighted by atomic mass is 32.1. The molecule has 2 aliphatic rings. The summed E-state index contributed by atoms with van der Waals surface area (Å²) >= 11 is 1.22. The zero-order valence-corrected chi connectivity index (χ0v) is 22.2. The number of ketones is 1. The minimum atomic E-state index is -1.03. The lowest BCUT2D eigenvalue weighted by atomic mass is 9.94. The van der Waals surface area contributed by atoms with Gasteiger partial charge in [0.15, 0.2) is 16.6 Å². The molecule has 1 N–H and O–H groups in total. The third kappa shape index (κ3) is 4.20. The molecule has 2 aliphatic heterocycles. The highest BCUT2D eigenvalue weighted by Gasteiger charge is 2.48. The lowest BCUT2D eigenvalue weighted by Gasteiger charge is -2.23. The molecule has 1 fully saturated rings. The maximum atomic E-state index is 13.5. The first-order chi connectivity index (χ1) is 19.4. The average Bonchev–Trinajstić information content (AvgIpc) is 3.53. The molecule has 10 nitrogen and oxygen atoms in total. The quantitative estimate of drug-likeness (QED) is 0.163. The Morgan fingerprint density at radius 1 is 0.975 bits per heavy atom. The number of aliphatic hydroxyl groups is 1. The van der Waals surface area contributed by atoms with E-state index in [2.05, 4.69) is 4.98 Å². The number of anilines is 1. The molecule has 40 heavy (non-hydrogen) atoms. The van der Waals surface area contributed by atoms with Gasteiger partial charge in [-0.3, -0.25) is 14.5 Å². The Kier molecular flexibility index (Phi) is 6.35. The van der Waals surface area contributed by atoms with Crippen molar-refractivity contribution in [1.29, 1.82) is 0 Å². The van der Waals surface area contributed by atoms with Crippen molar-refractivity contribution >= 4 is 50.1 Å². The highest BCUT2D eigenvalue weighted by molar-refractivity contribution is 7.22. The molecule has 0 bridgehead atoms. The molecule has 1 atom stereocenters. The van der Waals surface area contributed by atoms with Crippen LogP contribution in [0.25, 0.3) is 16.0 Å². The minimum absolute atomic E-state index is 0.121. The molecular weight excluding hydrogens is 536 g/mol. The fourth-order valence-corrected chi connectivity index (χ4v) is 5.75. The van der Waals surface area contributed by atoms with E-state index in [1.165, 1.54) is 35.5 Å². The summed E-state index contributed by atoms with van der Waals surface area (Å²) in [6.45, 7) is 0.746. The van der Waals surface area contributed by atoms with E-state index in [4.69, 9.17) is 18.9 Å². The number of benzene rings is 3. The van der Waals surface area contributed by atoms with Crippen molar-refractivity contribution in [3.05, 3.63) is 82.9 Å². The molecule has 3 heterocycles. The Hall–Kier alpha value is -4.90. The van der Waals surface area contributed by atoms with Crippen LogP contribution < -0.4 is 19.1 Å². The summed E-state index contributed by atoms with van der Waals surface area (Å²) in [5.41, 5.74) is 1.57. The van der Waals surface area contributed by atoms with Crippen LogP contribution in [0.4, 0.5) is 5.13 Å². The van der Waals surface area contributed by atoms with Crippen LogP contribution in [0.3, 0.4) is 0 Å². The van der Waals surface area contributed by atoms with Gasteiger partial charge in [-0.2, -0.15) is 0 Å². The molecule has 4 aromatic rings. The van der Waals surface area contributed by atoms with Gasteiger partial charge in [-0.25, -0.2) is 9.78 Å². The predicted molar refractivity (Wildman–Crippen MR) is 146 cm³/mol. The number of carbonyl (C=O) groups excluding carboxylic acids is 3. The molecule has 0 radical (unpaired) electrons. The van der Waals surface area contributed by atoms with Gasteiger partial charge in [-0.05, 0) is 54.1 Å². The van der Waals surface area contributed by atoms with Crippen molar-refractivity contribution in [1.82, 2.24) is 4.98 Å². The molecule has 3 aromatic carbocycles. The summed E-state index contributed by atoms with van der Waals surface area (Å²) < 4.78 is 22.1. The van der Waals surface area contributed by atoms with Crippen LogP contribution in [0.15, 0.2) is 66.2 Å². The molecule has 0 spiro atoms. The van der Waals surface area contributed by atoms with E-state index in [1.807, 2.05) is 0 Å². The van der Waals surface area contributed by atoms with Crippen molar-refractivity contribution < 1.29 is 38.4 Å². The van der Waals surface area contributed by atoms with E-state index < -0.39 is 23.7 Å². The molecule has 0 aliphatic carbocycles. The standard InChI is InChI=1S/C29H22N2O8S/c1-36-18-8-9-19-22(14-18)40-29(30-19)31-24(15-3-5-16(6-4-15)28(35)37-2)23(26(33)27(31)34)25(32)17-7-10-20-21(13-17)39-12-11-38-20/h3-10,13-14,24,32H,11-12H2,1-2H3/b25-23+. The molecule has 1 unspecified atom stereocenters. The summed E-state index contributed by atoms with van der Waals surface area (Å²) in [6.07, 6.45) is 0. The largest absolute Gasteiger partial charge is 0.507 e. The Morgan fingerprint density at radius 2 is 1.70 bits per heavy atom. The summed E-state index contributed by atoms with van der Waals surface area (Å²) in [5, 5.41) is 11.7. The second kappa shape index (κ2) is 10.0. The molecule has 0 saturated carbocycles. The van der Waals surface area contributed by atoms with Crippen LogP contribution in [0.1, 0.15) is 27.5 Å². The number of aliphatic hydroxyl groups excluding tert-OH is 1. The predicted octanol–water partition coefficient (Wildman–Crippen LogP) is 4.49. The monoisotopic (exact) mass is 558 g/mol. The lowest BCUT2D eigenvalue weighted by molar-refractivity contribution is -0.132. The summed E-state index contributed by atoms with van der Waals surface area (Å²) in [4.78, 5) is 45.0. The van der Waals surface area contributed by atoms with Crippen molar-refractivity contribution in [2.24, 2.45) is 0 Å². The molecule has 11 heteroatoms. The van der Waals surface area contributed by atoms with Crippen molar-refractivity contribution in [2.45, 2.75) is 6.04 Å². The number of esters is 1. The molecule has 6 rings (SSSR count). The lowest BCUT2D eigenvalue weighted by Crippen LogP contribution is -2.29. The highest BCUT2D eigenvalue weighted by Crippen LogP contribution is 2.45. The molecule has 1 amide bonds. The fourth-order valence-electron chi connectivity index (χ4n) is 4.73. The smallest absolute Gasteiger partial charge is 0.337 e. The number of aromatic nitrogens is 1. The number of hydrogen-bond acceptors (Lipinski definition) is 10. The first kappa shape index (κ1) is 25.4. The maximum Gasteiger partial charge on any atom is 0.337 e. The molecule has 1 aromatic heterocycles.